The van der Waals surface area contributed by atoms with Crippen LogP contribution in [0.1, 0.15) is 44.2 Å². The van der Waals surface area contributed by atoms with E-state index in [1.165, 1.54) is 5.56 Å². The van der Waals surface area contributed by atoms with Gasteiger partial charge >= 0.3 is 5.97 Å². The van der Waals surface area contributed by atoms with Crippen LogP contribution in [0.2, 0.25) is 0 Å². The Kier molecular flexibility index (Phi) is 6.86. The maximum Gasteiger partial charge on any atom is 0.306 e. The lowest BCUT2D eigenvalue weighted by atomic mass is 10.1. The highest BCUT2D eigenvalue weighted by Gasteiger charge is 2.04. The molecule has 0 aromatic heterocycles. The molecule has 0 radical (unpaired) electrons. The summed E-state index contributed by atoms with van der Waals surface area (Å²) < 4.78 is 5.07. The fourth-order valence-corrected chi connectivity index (χ4v) is 1.77. The predicted octanol–water partition coefficient (Wildman–Crippen LogP) is 3.09. The van der Waals surface area contributed by atoms with Crippen molar-refractivity contribution in [2.75, 3.05) is 6.61 Å². The molecule has 0 N–H and O–H groups in total. The molecule has 0 bridgehead atoms. The normalized spacial score (nSPS) is 10.2. The first-order chi connectivity index (χ1) is 9.11. The lowest BCUT2D eigenvalue weighted by molar-refractivity contribution is -0.144. The molecule has 104 valence electrons. The van der Waals surface area contributed by atoms with E-state index in [0.717, 1.165) is 12.0 Å². The van der Waals surface area contributed by atoms with E-state index in [-0.39, 0.29) is 11.8 Å². The third-order valence-electron chi connectivity index (χ3n) is 2.99. The van der Waals surface area contributed by atoms with Crippen LogP contribution in [0.3, 0.4) is 0 Å². The molecule has 1 aromatic carbocycles. The molecule has 0 aliphatic rings. The minimum Gasteiger partial charge on any atom is -0.466 e. The number of aryl methyl sites for hydroxylation is 2. The number of ether oxygens (including phenoxy) is 1. The van der Waals surface area contributed by atoms with E-state index in [1.807, 2.05) is 0 Å². The van der Waals surface area contributed by atoms with Gasteiger partial charge < -0.3 is 9.53 Å². The number of hydrogen-bond donors (Lipinski definition) is 0. The van der Waals surface area contributed by atoms with E-state index >= 15 is 0 Å². The van der Waals surface area contributed by atoms with Crippen molar-refractivity contribution in [2.24, 2.45) is 0 Å². The second kappa shape index (κ2) is 8.46. The summed E-state index contributed by atoms with van der Waals surface area (Å²) >= 11 is 0. The van der Waals surface area contributed by atoms with Gasteiger partial charge in [-0.3, -0.25) is 4.79 Å². The van der Waals surface area contributed by atoms with Crippen LogP contribution in [0.4, 0.5) is 0 Å². The lowest BCUT2D eigenvalue weighted by Crippen LogP contribution is -2.08. The zero-order chi connectivity index (χ0) is 14.1. The van der Waals surface area contributed by atoms with Gasteiger partial charge in [0.05, 0.1) is 6.61 Å². The van der Waals surface area contributed by atoms with Gasteiger partial charge in [0.25, 0.3) is 0 Å². The van der Waals surface area contributed by atoms with Crippen molar-refractivity contribution in [1.29, 1.82) is 0 Å². The molecule has 0 saturated carbocycles. The van der Waals surface area contributed by atoms with Gasteiger partial charge in [0.15, 0.2) is 0 Å². The Balaban J connectivity index is 2.20. The molecule has 19 heavy (non-hydrogen) atoms. The molecule has 0 spiro atoms. The van der Waals surface area contributed by atoms with Crippen molar-refractivity contribution in [3.63, 3.8) is 0 Å². The van der Waals surface area contributed by atoms with Crippen molar-refractivity contribution in [2.45, 2.75) is 46.0 Å². The summed E-state index contributed by atoms with van der Waals surface area (Å²) in [5, 5.41) is 0. The van der Waals surface area contributed by atoms with Gasteiger partial charge in [-0.1, -0.05) is 31.2 Å². The Hall–Kier alpha value is -1.64. The minimum atomic E-state index is -0.192. The van der Waals surface area contributed by atoms with Crippen LogP contribution in [0.25, 0.3) is 0 Å². The Morgan fingerprint density at radius 3 is 2.26 bits per heavy atom. The number of carbonyl (C=O) groups is 2. The zero-order valence-electron chi connectivity index (χ0n) is 11.8. The Labute approximate surface area is 115 Å². The monoisotopic (exact) mass is 262 g/mol. The quantitative estimate of drug-likeness (QED) is 0.534. The molecule has 0 saturated heterocycles. The predicted molar refractivity (Wildman–Crippen MR) is 75.0 cm³/mol. The molecule has 1 rings (SSSR count). The van der Waals surface area contributed by atoms with Crippen LogP contribution in [0, 0.1) is 0 Å². The number of esters is 1. The SMILES string of the molecule is CCc1ccc(CCC(=O)OCCCC(C)=O)cc1. The number of hydrogen-bond acceptors (Lipinski definition) is 3. The molecule has 3 nitrogen and oxygen atoms in total. The molecule has 0 aliphatic heterocycles. The summed E-state index contributed by atoms with van der Waals surface area (Å²) in [5.74, 6) is -0.0600. The summed E-state index contributed by atoms with van der Waals surface area (Å²) in [6, 6.07) is 8.30. The molecular weight excluding hydrogens is 240 g/mol. The molecule has 1 aromatic rings. The summed E-state index contributed by atoms with van der Waals surface area (Å²) in [7, 11) is 0. The highest BCUT2D eigenvalue weighted by atomic mass is 16.5. The molecule has 0 heterocycles. The van der Waals surface area contributed by atoms with E-state index in [2.05, 4.69) is 31.2 Å². The van der Waals surface area contributed by atoms with Gasteiger partial charge in [0.1, 0.15) is 5.78 Å². The standard InChI is InChI=1S/C16H22O3/c1-3-14-6-8-15(9-7-14)10-11-16(18)19-12-4-5-13(2)17/h6-9H,3-5,10-12H2,1-2H3. The van der Waals surface area contributed by atoms with E-state index in [0.29, 0.717) is 32.3 Å². The van der Waals surface area contributed by atoms with E-state index in [9.17, 15) is 9.59 Å². The van der Waals surface area contributed by atoms with Crippen molar-refractivity contribution < 1.29 is 14.3 Å². The summed E-state index contributed by atoms with van der Waals surface area (Å²) in [5.41, 5.74) is 2.45. The molecular formula is C16H22O3. The number of ketones is 1. The van der Waals surface area contributed by atoms with Crippen LogP contribution in [-0.4, -0.2) is 18.4 Å². The van der Waals surface area contributed by atoms with Crippen molar-refractivity contribution in [3.05, 3.63) is 35.4 Å². The maximum atomic E-state index is 11.5. The molecule has 0 atom stereocenters. The van der Waals surface area contributed by atoms with Crippen LogP contribution >= 0.6 is 0 Å². The van der Waals surface area contributed by atoms with Gasteiger partial charge in [0, 0.05) is 12.8 Å². The topological polar surface area (TPSA) is 43.4 Å². The third kappa shape index (κ3) is 6.75. The van der Waals surface area contributed by atoms with Gasteiger partial charge in [-0.25, -0.2) is 0 Å². The van der Waals surface area contributed by atoms with Crippen molar-refractivity contribution >= 4 is 11.8 Å². The second-order valence-corrected chi connectivity index (χ2v) is 4.70. The average molecular weight is 262 g/mol. The van der Waals surface area contributed by atoms with Crippen LogP contribution in [0.5, 0.6) is 0 Å². The molecule has 0 unspecified atom stereocenters. The van der Waals surface area contributed by atoms with Crippen molar-refractivity contribution in [3.8, 4) is 0 Å². The highest BCUT2D eigenvalue weighted by molar-refractivity contribution is 5.75. The number of Topliss-reactive ketones (excluding diaryl/α,β-unsaturated/α-hetero) is 1. The fourth-order valence-electron chi connectivity index (χ4n) is 1.77. The van der Waals surface area contributed by atoms with Gasteiger partial charge in [-0.05, 0) is 37.3 Å². The smallest absolute Gasteiger partial charge is 0.306 e. The lowest BCUT2D eigenvalue weighted by Gasteiger charge is -2.05. The largest absolute Gasteiger partial charge is 0.466 e. The van der Waals surface area contributed by atoms with Crippen molar-refractivity contribution in [1.82, 2.24) is 0 Å². The molecule has 0 aliphatic carbocycles. The maximum absolute atomic E-state index is 11.5. The third-order valence-corrected chi connectivity index (χ3v) is 2.99. The van der Waals surface area contributed by atoms with Crippen LogP contribution < -0.4 is 0 Å². The Morgan fingerprint density at radius 1 is 1.05 bits per heavy atom. The molecule has 0 amide bonds. The van der Waals surface area contributed by atoms with Crippen LogP contribution in [0.15, 0.2) is 24.3 Å². The first kappa shape index (κ1) is 15.4. The summed E-state index contributed by atoms with van der Waals surface area (Å²) in [4.78, 5) is 22.2. The van der Waals surface area contributed by atoms with Gasteiger partial charge in [0.2, 0.25) is 0 Å². The van der Waals surface area contributed by atoms with Gasteiger partial charge in [-0.15, -0.1) is 0 Å². The first-order valence-electron chi connectivity index (χ1n) is 6.84. The number of carbonyl (C=O) groups excluding carboxylic acids is 2. The highest BCUT2D eigenvalue weighted by Crippen LogP contribution is 2.08. The Bertz CT molecular complexity index is 407. The van der Waals surface area contributed by atoms with Gasteiger partial charge in [-0.2, -0.15) is 0 Å². The molecule has 3 heteroatoms. The molecule has 0 fully saturated rings. The minimum absolute atomic E-state index is 0.132. The Morgan fingerprint density at radius 2 is 1.68 bits per heavy atom. The number of benzene rings is 1. The zero-order valence-corrected chi connectivity index (χ0v) is 11.8. The van der Waals surface area contributed by atoms with E-state index in [1.54, 1.807) is 6.92 Å². The van der Waals surface area contributed by atoms with Crippen LogP contribution in [-0.2, 0) is 27.2 Å². The fraction of sp³-hybridized carbons (Fsp3) is 0.500. The van der Waals surface area contributed by atoms with E-state index in [4.69, 9.17) is 4.74 Å². The number of rotatable bonds is 8. The average Bonchev–Trinajstić information content (AvgIpc) is 2.41. The first-order valence-corrected chi connectivity index (χ1v) is 6.84. The summed E-state index contributed by atoms with van der Waals surface area (Å²) in [6.07, 6.45) is 3.22. The van der Waals surface area contributed by atoms with E-state index < -0.39 is 0 Å². The second-order valence-electron chi connectivity index (χ2n) is 4.70. The summed E-state index contributed by atoms with van der Waals surface area (Å²) in [6.45, 7) is 4.00.